The molecule has 10 heteroatoms. The zero-order valence-electron chi connectivity index (χ0n) is 19.5. The van der Waals surface area contributed by atoms with Gasteiger partial charge in [0, 0.05) is 33.1 Å². The fourth-order valence-corrected chi connectivity index (χ4v) is 4.73. The van der Waals surface area contributed by atoms with Gasteiger partial charge in [-0.2, -0.15) is 13.2 Å². The third-order valence-corrected chi connectivity index (χ3v) is 6.76. The van der Waals surface area contributed by atoms with E-state index >= 15 is 0 Å². The molecule has 0 atom stereocenters. The number of hydrogen-bond acceptors (Lipinski definition) is 4. The van der Waals surface area contributed by atoms with E-state index in [0.717, 1.165) is 0 Å². The lowest BCUT2D eigenvalue weighted by Crippen LogP contribution is -2.49. The van der Waals surface area contributed by atoms with Crippen molar-refractivity contribution in [2.24, 2.45) is 5.41 Å². The molecule has 0 aliphatic carbocycles. The first kappa shape index (κ1) is 25.8. The predicted octanol–water partition coefficient (Wildman–Crippen LogP) is 3.39. The summed E-state index contributed by atoms with van der Waals surface area (Å²) in [6.45, 7) is 1.36. The third-order valence-electron chi connectivity index (χ3n) is 6.76. The highest BCUT2D eigenvalue weighted by Crippen LogP contribution is 2.38. The van der Waals surface area contributed by atoms with E-state index in [2.05, 4.69) is 5.32 Å². The van der Waals surface area contributed by atoms with Crippen molar-refractivity contribution in [2.75, 3.05) is 39.8 Å². The van der Waals surface area contributed by atoms with Gasteiger partial charge in [0.1, 0.15) is 12.4 Å². The van der Waals surface area contributed by atoms with Crippen LogP contribution in [0.15, 0.2) is 24.3 Å². The molecule has 1 fully saturated rings. The molecule has 1 aromatic rings. The van der Waals surface area contributed by atoms with Crippen LogP contribution in [0.2, 0.25) is 0 Å². The summed E-state index contributed by atoms with van der Waals surface area (Å²) in [5, 5.41) is 2.75. The third kappa shape index (κ3) is 6.42. The standard InChI is InChI=1S/C24H32F3N3O4/c1-28-22(33)23-9-4-5-13-29(20(31)8-10-24(25,26)27)16-17-34-19-7-3-2-6-18(19)21(32)30(14-11-23)15-12-23/h2-3,6-7H,4-5,8-17H2,1H3,(H,28,33). The number of halogens is 3. The first-order valence-electron chi connectivity index (χ1n) is 11.7. The molecule has 3 amide bonds. The van der Waals surface area contributed by atoms with Crippen molar-refractivity contribution < 1.29 is 32.3 Å². The quantitative estimate of drug-likeness (QED) is 0.715. The molecule has 4 rings (SSSR count). The molecule has 1 aromatic carbocycles. The molecule has 1 saturated heterocycles. The Morgan fingerprint density at radius 1 is 1.06 bits per heavy atom. The van der Waals surface area contributed by atoms with Gasteiger partial charge in [-0.25, -0.2) is 0 Å². The average molecular weight is 484 g/mol. The number of carbonyl (C=O) groups excluding carboxylic acids is 3. The van der Waals surface area contributed by atoms with Crippen molar-refractivity contribution in [1.29, 1.82) is 0 Å². The van der Waals surface area contributed by atoms with Crippen molar-refractivity contribution in [1.82, 2.24) is 15.1 Å². The van der Waals surface area contributed by atoms with Gasteiger partial charge >= 0.3 is 6.18 Å². The number of piperidine rings is 1. The Bertz CT molecular complexity index is 882. The van der Waals surface area contributed by atoms with Crippen LogP contribution in [-0.2, 0) is 9.59 Å². The molecule has 34 heavy (non-hydrogen) atoms. The Kier molecular flexibility index (Phi) is 8.43. The summed E-state index contributed by atoms with van der Waals surface area (Å²) in [7, 11) is 1.60. The average Bonchev–Trinajstić information content (AvgIpc) is 2.83. The molecule has 0 radical (unpaired) electrons. The zero-order chi connectivity index (χ0) is 24.8. The highest BCUT2D eigenvalue weighted by atomic mass is 19.4. The van der Waals surface area contributed by atoms with Crippen LogP contribution < -0.4 is 10.1 Å². The Hall–Kier alpha value is -2.78. The lowest BCUT2D eigenvalue weighted by molar-refractivity contribution is -0.149. The molecule has 3 heterocycles. The molecular formula is C24H32F3N3O4. The van der Waals surface area contributed by atoms with E-state index in [4.69, 9.17) is 4.74 Å². The molecular weight excluding hydrogens is 451 g/mol. The minimum Gasteiger partial charge on any atom is -0.491 e. The van der Waals surface area contributed by atoms with Crippen LogP contribution in [0.1, 0.15) is 55.3 Å². The van der Waals surface area contributed by atoms with Crippen molar-refractivity contribution >= 4 is 17.7 Å². The summed E-state index contributed by atoms with van der Waals surface area (Å²) in [6, 6.07) is 6.81. The summed E-state index contributed by atoms with van der Waals surface area (Å²) < 4.78 is 43.7. The molecule has 188 valence electrons. The number of alkyl halides is 3. The Morgan fingerprint density at radius 2 is 1.76 bits per heavy atom. The van der Waals surface area contributed by atoms with Gasteiger partial charge < -0.3 is 19.9 Å². The van der Waals surface area contributed by atoms with E-state index in [1.807, 2.05) is 0 Å². The van der Waals surface area contributed by atoms with Gasteiger partial charge in [0.05, 0.1) is 23.9 Å². The van der Waals surface area contributed by atoms with E-state index in [1.54, 1.807) is 36.2 Å². The number of nitrogens with zero attached hydrogens (tertiary/aromatic N) is 2. The molecule has 0 spiro atoms. The lowest BCUT2D eigenvalue weighted by atomic mass is 9.73. The summed E-state index contributed by atoms with van der Waals surface area (Å²) in [5.41, 5.74) is -0.216. The number of amides is 3. The Morgan fingerprint density at radius 3 is 2.44 bits per heavy atom. The van der Waals surface area contributed by atoms with Gasteiger partial charge in [-0.15, -0.1) is 0 Å². The molecule has 3 aliphatic rings. The van der Waals surface area contributed by atoms with Crippen LogP contribution in [0, 0.1) is 5.41 Å². The SMILES string of the molecule is CNC(=O)C12CCCCN(C(=O)CCC(F)(F)F)CCOc3ccccc3C(=O)N(CC1)CC2. The molecule has 7 nitrogen and oxygen atoms in total. The van der Waals surface area contributed by atoms with E-state index < -0.39 is 30.3 Å². The van der Waals surface area contributed by atoms with Crippen molar-refractivity contribution in [2.45, 2.75) is 51.1 Å². The molecule has 2 bridgehead atoms. The van der Waals surface area contributed by atoms with Crippen LogP contribution in [-0.4, -0.2) is 73.5 Å². The van der Waals surface area contributed by atoms with E-state index in [1.165, 1.54) is 4.90 Å². The van der Waals surface area contributed by atoms with Gasteiger partial charge in [0.15, 0.2) is 0 Å². The van der Waals surface area contributed by atoms with E-state index in [0.29, 0.717) is 56.5 Å². The number of ether oxygens (including phenoxy) is 1. The van der Waals surface area contributed by atoms with Gasteiger partial charge in [0.2, 0.25) is 11.8 Å². The Balaban J connectivity index is 1.82. The van der Waals surface area contributed by atoms with Gasteiger partial charge in [-0.1, -0.05) is 18.6 Å². The number of rotatable bonds is 3. The first-order chi connectivity index (χ1) is 16.1. The molecule has 0 aromatic heterocycles. The van der Waals surface area contributed by atoms with Crippen LogP contribution in [0.4, 0.5) is 13.2 Å². The van der Waals surface area contributed by atoms with Crippen LogP contribution in [0.5, 0.6) is 5.75 Å². The second-order valence-electron chi connectivity index (χ2n) is 8.95. The maximum atomic E-state index is 13.2. The highest BCUT2D eigenvalue weighted by molar-refractivity contribution is 5.97. The van der Waals surface area contributed by atoms with Gasteiger partial charge in [0.25, 0.3) is 5.91 Å². The lowest BCUT2D eigenvalue weighted by Gasteiger charge is -2.40. The number of hydrogen-bond donors (Lipinski definition) is 1. The van der Waals surface area contributed by atoms with Crippen molar-refractivity contribution in [3.63, 3.8) is 0 Å². The normalized spacial score (nSPS) is 19.5. The topological polar surface area (TPSA) is 79.0 Å². The minimum absolute atomic E-state index is 0.0598. The highest BCUT2D eigenvalue weighted by Gasteiger charge is 2.41. The zero-order valence-corrected chi connectivity index (χ0v) is 19.5. The van der Waals surface area contributed by atoms with Crippen molar-refractivity contribution in [3.05, 3.63) is 29.8 Å². The molecule has 0 saturated carbocycles. The summed E-state index contributed by atoms with van der Waals surface area (Å²) >= 11 is 0. The van der Waals surface area contributed by atoms with Gasteiger partial charge in [-0.05, 0) is 37.8 Å². The summed E-state index contributed by atoms with van der Waals surface area (Å²) in [5.74, 6) is -0.462. The second kappa shape index (κ2) is 11.1. The largest absolute Gasteiger partial charge is 0.491 e. The number of nitrogens with one attached hydrogen (secondary N) is 1. The number of fused-ring (bicyclic) bond motifs is 9. The fraction of sp³-hybridized carbons (Fsp3) is 0.625. The van der Waals surface area contributed by atoms with Crippen LogP contribution in [0.3, 0.4) is 0 Å². The summed E-state index contributed by atoms with van der Waals surface area (Å²) in [6.07, 6.45) is -3.34. The number of carbonyl (C=O) groups is 3. The fourth-order valence-electron chi connectivity index (χ4n) is 4.73. The molecule has 1 N–H and O–H groups in total. The number of benzene rings is 1. The Labute approximate surface area is 197 Å². The van der Waals surface area contributed by atoms with Gasteiger partial charge in [-0.3, -0.25) is 14.4 Å². The van der Waals surface area contributed by atoms with E-state index in [-0.39, 0.29) is 31.5 Å². The summed E-state index contributed by atoms with van der Waals surface area (Å²) in [4.78, 5) is 41.6. The monoisotopic (exact) mass is 483 g/mol. The molecule has 3 aliphatic heterocycles. The van der Waals surface area contributed by atoms with E-state index in [9.17, 15) is 27.6 Å². The predicted molar refractivity (Wildman–Crippen MR) is 119 cm³/mol. The maximum Gasteiger partial charge on any atom is 0.389 e. The van der Waals surface area contributed by atoms with Crippen molar-refractivity contribution in [3.8, 4) is 5.75 Å². The second-order valence-corrected chi connectivity index (χ2v) is 8.95. The molecule has 0 unspecified atom stereocenters. The minimum atomic E-state index is -4.40. The smallest absolute Gasteiger partial charge is 0.389 e. The van der Waals surface area contributed by atoms with Crippen LogP contribution in [0.25, 0.3) is 0 Å². The maximum absolute atomic E-state index is 13.2. The first-order valence-corrected chi connectivity index (χ1v) is 11.7. The van der Waals surface area contributed by atoms with Crippen LogP contribution >= 0.6 is 0 Å². The number of para-hydroxylation sites is 1.